The molecule has 204 valence electrons. The molecule has 1 aliphatic rings. The number of thiazole rings is 1. The molecule has 6 nitrogen and oxygen atoms in total. The second kappa shape index (κ2) is 12.4. The predicted molar refractivity (Wildman–Crippen MR) is 159 cm³/mol. The van der Waals surface area contributed by atoms with Gasteiger partial charge in [-0.25, -0.2) is 4.98 Å². The highest BCUT2D eigenvalue weighted by Gasteiger charge is 2.30. The lowest BCUT2D eigenvalue weighted by atomic mass is 9.95. The summed E-state index contributed by atoms with van der Waals surface area (Å²) >= 11 is 1.49. The van der Waals surface area contributed by atoms with E-state index in [1.165, 1.54) is 11.3 Å². The lowest BCUT2D eigenvalue weighted by Crippen LogP contribution is -2.43. The minimum atomic E-state index is -0.585. The summed E-state index contributed by atoms with van der Waals surface area (Å²) in [4.78, 5) is 48.1. The largest absolute Gasteiger partial charge is 0.339 e. The molecule has 1 aliphatic heterocycles. The van der Waals surface area contributed by atoms with E-state index in [-0.39, 0.29) is 23.5 Å². The summed E-state index contributed by atoms with van der Waals surface area (Å²) in [7, 11) is 0. The van der Waals surface area contributed by atoms with Gasteiger partial charge in [0, 0.05) is 42.1 Å². The van der Waals surface area contributed by atoms with Gasteiger partial charge in [-0.3, -0.25) is 14.4 Å². The van der Waals surface area contributed by atoms with Gasteiger partial charge >= 0.3 is 0 Å². The van der Waals surface area contributed by atoms with Crippen molar-refractivity contribution in [2.75, 3.05) is 19.6 Å². The highest BCUT2D eigenvalue weighted by atomic mass is 32.1. The van der Waals surface area contributed by atoms with Crippen LogP contribution in [0.5, 0.6) is 0 Å². The predicted octanol–water partition coefficient (Wildman–Crippen LogP) is 6.56. The van der Waals surface area contributed by atoms with Crippen LogP contribution in [-0.2, 0) is 0 Å². The van der Waals surface area contributed by atoms with Gasteiger partial charge in [0.05, 0.1) is 11.0 Å². The summed E-state index contributed by atoms with van der Waals surface area (Å²) in [5.41, 5.74) is 3.66. The second-order valence-corrected chi connectivity index (χ2v) is 10.9. The molecule has 1 saturated heterocycles. The van der Waals surface area contributed by atoms with E-state index in [0.29, 0.717) is 36.5 Å². The van der Waals surface area contributed by atoms with Crippen molar-refractivity contribution in [1.82, 2.24) is 14.8 Å². The van der Waals surface area contributed by atoms with Gasteiger partial charge in [0.2, 0.25) is 0 Å². The average Bonchev–Trinajstić information content (AvgIpc) is 3.52. The van der Waals surface area contributed by atoms with Crippen LogP contribution in [0.25, 0.3) is 11.1 Å². The molecule has 1 unspecified atom stereocenters. The number of likely N-dealkylation sites (tertiary alicyclic amines) is 1. The van der Waals surface area contributed by atoms with Crippen LogP contribution < -0.4 is 0 Å². The number of nitrogens with zero attached hydrogens (tertiary/aromatic N) is 3. The minimum absolute atomic E-state index is 0.0450. The summed E-state index contributed by atoms with van der Waals surface area (Å²) in [6.45, 7) is 5.34. The maximum Gasteiger partial charge on any atom is 0.273 e. The van der Waals surface area contributed by atoms with Crippen LogP contribution in [0.3, 0.4) is 0 Å². The topological polar surface area (TPSA) is 70.6 Å². The van der Waals surface area contributed by atoms with Crippen molar-refractivity contribution in [2.24, 2.45) is 0 Å². The third-order valence-electron chi connectivity index (χ3n) is 7.62. The number of hydrogen-bond donors (Lipinski definition) is 0. The third-order valence-corrected chi connectivity index (χ3v) is 8.63. The molecule has 7 heteroatoms. The molecule has 1 aromatic heterocycles. The van der Waals surface area contributed by atoms with E-state index in [0.717, 1.165) is 29.0 Å². The van der Waals surface area contributed by atoms with Crippen LogP contribution in [0.4, 0.5) is 0 Å². The van der Waals surface area contributed by atoms with E-state index in [1.807, 2.05) is 84.6 Å². The van der Waals surface area contributed by atoms with E-state index in [1.54, 1.807) is 29.3 Å². The highest BCUT2D eigenvalue weighted by Crippen LogP contribution is 2.32. The Kier molecular flexibility index (Phi) is 8.51. The zero-order chi connectivity index (χ0) is 28.1. The number of piperidine rings is 1. The van der Waals surface area contributed by atoms with Crippen molar-refractivity contribution in [3.8, 4) is 11.1 Å². The standard InChI is InChI=1S/C33H33N3O3S/c1-3-36(23(2)30(37)25-14-8-5-9-15-25)33(39)29-22-40-31(34-29)26-18-20-35(21-19-26)32(38)28-17-11-10-16-27(28)24-12-6-4-7-13-24/h4-17,22-23,26H,3,18-21H2,1-2H3. The number of hydrogen-bond acceptors (Lipinski definition) is 5. The number of aromatic nitrogens is 1. The maximum atomic E-state index is 13.5. The van der Waals surface area contributed by atoms with Gasteiger partial charge in [-0.15, -0.1) is 11.3 Å². The number of Topliss-reactive ketones (excluding diaryl/α,β-unsaturated/α-hetero) is 1. The fraction of sp³-hybridized carbons (Fsp3) is 0.273. The van der Waals surface area contributed by atoms with Crippen molar-refractivity contribution in [3.63, 3.8) is 0 Å². The zero-order valence-corrected chi connectivity index (χ0v) is 23.6. The molecular weight excluding hydrogens is 518 g/mol. The molecule has 0 radical (unpaired) electrons. The van der Waals surface area contributed by atoms with Crippen LogP contribution in [0.2, 0.25) is 0 Å². The van der Waals surface area contributed by atoms with E-state index < -0.39 is 6.04 Å². The Labute approximate surface area is 239 Å². The van der Waals surface area contributed by atoms with Crippen molar-refractivity contribution in [3.05, 3.63) is 112 Å². The molecule has 3 aromatic carbocycles. The summed E-state index contributed by atoms with van der Waals surface area (Å²) in [5.74, 6) is -0.0778. The third kappa shape index (κ3) is 5.75. The van der Waals surface area contributed by atoms with Crippen LogP contribution in [0.1, 0.15) is 68.8 Å². The summed E-state index contributed by atoms with van der Waals surface area (Å²) < 4.78 is 0. The fourth-order valence-corrected chi connectivity index (χ4v) is 6.30. The Balaban J connectivity index is 1.23. The molecule has 40 heavy (non-hydrogen) atoms. The Morgan fingerprint density at radius 1 is 0.925 bits per heavy atom. The quantitative estimate of drug-likeness (QED) is 0.233. The lowest BCUT2D eigenvalue weighted by Gasteiger charge is -2.31. The van der Waals surface area contributed by atoms with Crippen molar-refractivity contribution in [1.29, 1.82) is 0 Å². The summed E-state index contributed by atoms with van der Waals surface area (Å²) in [6, 6.07) is 26.2. The first kappa shape index (κ1) is 27.5. The Morgan fingerprint density at radius 2 is 1.55 bits per heavy atom. The Bertz CT molecular complexity index is 1480. The number of carbonyl (C=O) groups is 3. The molecule has 5 rings (SSSR count). The molecule has 0 N–H and O–H groups in total. The molecule has 0 spiro atoms. The molecule has 1 atom stereocenters. The first-order valence-electron chi connectivity index (χ1n) is 13.8. The first-order chi connectivity index (χ1) is 19.5. The van der Waals surface area contributed by atoms with Gasteiger partial charge in [-0.2, -0.15) is 0 Å². The van der Waals surface area contributed by atoms with E-state index >= 15 is 0 Å². The average molecular weight is 552 g/mol. The zero-order valence-electron chi connectivity index (χ0n) is 22.8. The number of carbonyl (C=O) groups excluding carboxylic acids is 3. The monoisotopic (exact) mass is 551 g/mol. The smallest absolute Gasteiger partial charge is 0.273 e. The van der Waals surface area contributed by atoms with Crippen LogP contribution >= 0.6 is 11.3 Å². The molecule has 2 amide bonds. The lowest BCUT2D eigenvalue weighted by molar-refractivity contribution is 0.0633. The highest BCUT2D eigenvalue weighted by molar-refractivity contribution is 7.09. The van der Waals surface area contributed by atoms with Gasteiger partial charge in [0.25, 0.3) is 11.8 Å². The summed E-state index contributed by atoms with van der Waals surface area (Å²) in [5, 5.41) is 2.71. The Morgan fingerprint density at radius 3 is 2.23 bits per heavy atom. The minimum Gasteiger partial charge on any atom is -0.339 e. The molecule has 0 saturated carbocycles. The molecular formula is C33H33N3O3S. The van der Waals surface area contributed by atoms with E-state index in [4.69, 9.17) is 4.98 Å². The molecule has 2 heterocycles. The number of likely N-dealkylation sites (N-methyl/N-ethyl adjacent to an activating group) is 1. The molecule has 1 fully saturated rings. The van der Waals surface area contributed by atoms with Gasteiger partial charge in [-0.1, -0.05) is 78.9 Å². The van der Waals surface area contributed by atoms with Crippen LogP contribution in [0.15, 0.2) is 90.3 Å². The molecule has 0 bridgehead atoms. The molecule has 0 aliphatic carbocycles. The SMILES string of the molecule is CCN(C(=O)c1csc(C2CCN(C(=O)c3ccccc3-c3ccccc3)CC2)n1)C(C)C(=O)c1ccccc1. The van der Waals surface area contributed by atoms with Crippen LogP contribution in [-0.4, -0.2) is 58.1 Å². The summed E-state index contributed by atoms with van der Waals surface area (Å²) in [6.07, 6.45) is 1.58. The van der Waals surface area contributed by atoms with Gasteiger partial charge in [0.1, 0.15) is 5.69 Å². The first-order valence-corrected chi connectivity index (χ1v) is 14.6. The van der Waals surface area contributed by atoms with E-state index in [2.05, 4.69) is 0 Å². The molecule has 4 aromatic rings. The maximum absolute atomic E-state index is 13.5. The van der Waals surface area contributed by atoms with Gasteiger partial charge in [-0.05, 0) is 43.9 Å². The van der Waals surface area contributed by atoms with Crippen LogP contribution in [0, 0.1) is 0 Å². The van der Waals surface area contributed by atoms with E-state index in [9.17, 15) is 14.4 Å². The number of rotatable bonds is 8. The van der Waals surface area contributed by atoms with Gasteiger partial charge in [0.15, 0.2) is 5.78 Å². The fourth-order valence-electron chi connectivity index (χ4n) is 5.34. The normalized spacial score (nSPS) is 14.5. The van der Waals surface area contributed by atoms with Crippen molar-refractivity contribution in [2.45, 2.75) is 38.6 Å². The number of benzene rings is 3. The second-order valence-electron chi connectivity index (χ2n) is 10.0. The van der Waals surface area contributed by atoms with Gasteiger partial charge < -0.3 is 9.80 Å². The number of ketones is 1. The Hall–Kier alpha value is -4.10. The van der Waals surface area contributed by atoms with Crippen molar-refractivity contribution >= 4 is 28.9 Å². The van der Waals surface area contributed by atoms with Crippen molar-refractivity contribution < 1.29 is 14.4 Å². The number of amides is 2.